The third-order valence-electron chi connectivity index (χ3n) is 2.65. The van der Waals surface area contributed by atoms with Crippen LogP contribution in [0.3, 0.4) is 0 Å². The first kappa shape index (κ1) is 14.5. The molecule has 1 saturated heterocycles. The number of nitrogens with zero attached hydrogens (tertiary/aromatic N) is 3. The van der Waals surface area contributed by atoms with Gasteiger partial charge < -0.3 is 10.2 Å². The van der Waals surface area contributed by atoms with Crippen LogP contribution in [0, 0.1) is 0 Å². The molecule has 1 aliphatic heterocycles. The smallest absolute Gasteiger partial charge is 0.275 e. The molecule has 17 heavy (non-hydrogen) atoms. The van der Waals surface area contributed by atoms with Crippen LogP contribution >= 0.6 is 28.3 Å². The summed E-state index contributed by atoms with van der Waals surface area (Å²) in [5.41, 5.74) is 0.517. The molecule has 0 atom stereocenters. The van der Waals surface area contributed by atoms with Gasteiger partial charge in [-0.1, -0.05) is 0 Å². The number of nitrogens with one attached hydrogen (secondary N) is 1. The van der Waals surface area contributed by atoms with E-state index < -0.39 is 0 Å². The number of amides is 1. The topological polar surface area (TPSA) is 50.2 Å². The molecule has 0 bridgehead atoms. The van der Waals surface area contributed by atoms with E-state index in [1.807, 2.05) is 18.0 Å². The number of hydrogen-bond acceptors (Lipinski definition) is 3. The zero-order valence-corrected chi connectivity index (χ0v) is 12.1. The van der Waals surface area contributed by atoms with Crippen molar-refractivity contribution in [3.05, 3.63) is 16.4 Å². The van der Waals surface area contributed by atoms with Gasteiger partial charge >= 0.3 is 0 Å². The van der Waals surface area contributed by atoms with Crippen LogP contribution in [0.1, 0.15) is 17.4 Å². The van der Waals surface area contributed by atoms with E-state index in [2.05, 4.69) is 26.3 Å². The van der Waals surface area contributed by atoms with Crippen molar-refractivity contribution in [2.45, 2.75) is 13.5 Å². The van der Waals surface area contributed by atoms with Gasteiger partial charge in [0.25, 0.3) is 5.91 Å². The van der Waals surface area contributed by atoms with E-state index in [4.69, 9.17) is 0 Å². The van der Waals surface area contributed by atoms with Crippen LogP contribution in [-0.2, 0) is 6.54 Å². The van der Waals surface area contributed by atoms with E-state index in [1.165, 1.54) is 0 Å². The normalized spacial score (nSPS) is 15.5. The molecule has 1 N–H and O–H groups in total. The van der Waals surface area contributed by atoms with Gasteiger partial charge in [0.15, 0.2) is 5.69 Å². The van der Waals surface area contributed by atoms with Gasteiger partial charge in [0.1, 0.15) is 0 Å². The largest absolute Gasteiger partial charge is 0.335 e. The predicted octanol–water partition coefficient (Wildman–Crippen LogP) is 1.13. The molecule has 5 nitrogen and oxygen atoms in total. The highest BCUT2D eigenvalue weighted by molar-refractivity contribution is 9.10. The maximum absolute atomic E-state index is 12.1. The van der Waals surface area contributed by atoms with Crippen LogP contribution in [0.25, 0.3) is 0 Å². The second-order valence-electron chi connectivity index (χ2n) is 3.72. The van der Waals surface area contributed by atoms with E-state index in [-0.39, 0.29) is 18.3 Å². The number of carbonyl (C=O) groups is 1. The van der Waals surface area contributed by atoms with Crippen molar-refractivity contribution in [2.24, 2.45) is 0 Å². The first-order chi connectivity index (χ1) is 7.72. The van der Waals surface area contributed by atoms with Gasteiger partial charge in [-0.2, -0.15) is 5.10 Å². The Bertz CT molecular complexity index is 390. The first-order valence-corrected chi connectivity index (χ1v) is 6.24. The second-order valence-corrected chi connectivity index (χ2v) is 4.58. The molecule has 0 aliphatic carbocycles. The Balaban J connectivity index is 0.00000144. The number of piperazine rings is 1. The molecular weight excluding hydrogens is 307 g/mol. The molecular formula is C10H16BrClN4O. The SMILES string of the molecule is CCn1cc(Br)c(C(=O)N2CCNCC2)n1.Cl. The Hall–Kier alpha value is -0.590. The molecule has 1 fully saturated rings. The highest BCUT2D eigenvalue weighted by atomic mass is 79.9. The maximum atomic E-state index is 12.1. The summed E-state index contributed by atoms with van der Waals surface area (Å²) in [5, 5.41) is 7.48. The standard InChI is InChI=1S/C10H15BrN4O.ClH/c1-2-15-7-8(11)9(13-15)10(16)14-5-3-12-4-6-14;/h7,12H,2-6H2,1H3;1H. The van der Waals surface area contributed by atoms with Gasteiger partial charge in [0.2, 0.25) is 0 Å². The van der Waals surface area contributed by atoms with Crippen LogP contribution in [0.2, 0.25) is 0 Å². The Morgan fingerprint density at radius 2 is 2.18 bits per heavy atom. The highest BCUT2D eigenvalue weighted by Crippen LogP contribution is 2.17. The quantitative estimate of drug-likeness (QED) is 0.888. The lowest BCUT2D eigenvalue weighted by molar-refractivity contribution is 0.0728. The van der Waals surface area contributed by atoms with Gasteiger partial charge in [0.05, 0.1) is 4.47 Å². The minimum Gasteiger partial charge on any atom is -0.335 e. The van der Waals surface area contributed by atoms with Gasteiger partial charge in [-0.15, -0.1) is 12.4 Å². The molecule has 0 aromatic carbocycles. The summed E-state index contributed by atoms with van der Waals surface area (Å²) >= 11 is 3.38. The van der Waals surface area contributed by atoms with Crippen LogP contribution in [0.15, 0.2) is 10.7 Å². The molecule has 1 aromatic rings. The molecule has 0 saturated carbocycles. The Labute approximate surface area is 115 Å². The number of rotatable bonds is 2. The van der Waals surface area contributed by atoms with Crippen molar-refractivity contribution in [3.8, 4) is 0 Å². The van der Waals surface area contributed by atoms with Crippen molar-refractivity contribution in [1.29, 1.82) is 0 Å². The second kappa shape index (κ2) is 6.37. The Morgan fingerprint density at radius 3 is 2.71 bits per heavy atom. The lowest BCUT2D eigenvalue weighted by Crippen LogP contribution is -2.46. The number of hydrogen-bond donors (Lipinski definition) is 1. The summed E-state index contributed by atoms with van der Waals surface area (Å²) in [7, 11) is 0. The molecule has 7 heteroatoms. The fraction of sp³-hybridized carbons (Fsp3) is 0.600. The average Bonchev–Trinajstić information content (AvgIpc) is 2.71. The van der Waals surface area contributed by atoms with Gasteiger partial charge in [-0.25, -0.2) is 0 Å². The Kier molecular flexibility index (Phi) is 5.42. The zero-order chi connectivity index (χ0) is 11.5. The summed E-state index contributed by atoms with van der Waals surface area (Å²) in [6.07, 6.45) is 1.84. The van der Waals surface area contributed by atoms with Crippen molar-refractivity contribution >= 4 is 34.2 Å². The summed E-state index contributed by atoms with van der Waals surface area (Å²) in [4.78, 5) is 14.0. The highest BCUT2D eigenvalue weighted by Gasteiger charge is 2.22. The molecule has 96 valence electrons. The lowest BCUT2D eigenvalue weighted by Gasteiger charge is -2.26. The number of aromatic nitrogens is 2. The van der Waals surface area contributed by atoms with Crippen LogP contribution < -0.4 is 5.32 Å². The van der Waals surface area contributed by atoms with Crippen molar-refractivity contribution in [2.75, 3.05) is 26.2 Å². The zero-order valence-electron chi connectivity index (χ0n) is 9.65. The van der Waals surface area contributed by atoms with Gasteiger partial charge in [-0.05, 0) is 22.9 Å². The van der Waals surface area contributed by atoms with Gasteiger partial charge in [-0.3, -0.25) is 9.48 Å². The van der Waals surface area contributed by atoms with E-state index in [9.17, 15) is 4.79 Å². The minimum absolute atomic E-state index is 0. The average molecular weight is 324 g/mol. The van der Waals surface area contributed by atoms with Crippen molar-refractivity contribution < 1.29 is 4.79 Å². The van der Waals surface area contributed by atoms with E-state index in [1.54, 1.807) is 4.68 Å². The molecule has 2 rings (SSSR count). The lowest BCUT2D eigenvalue weighted by atomic mass is 10.3. The molecule has 0 unspecified atom stereocenters. The third kappa shape index (κ3) is 3.20. The monoisotopic (exact) mass is 322 g/mol. The van der Waals surface area contributed by atoms with Crippen LogP contribution in [0.4, 0.5) is 0 Å². The first-order valence-electron chi connectivity index (χ1n) is 5.45. The molecule has 1 aromatic heterocycles. The fourth-order valence-electron chi connectivity index (χ4n) is 1.72. The van der Waals surface area contributed by atoms with Gasteiger partial charge in [0, 0.05) is 38.9 Å². The number of carbonyl (C=O) groups excluding carboxylic acids is 1. The summed E-state index contributed by atoms with van der Waals surface area (Å²) in [5.74, 6) is 0.0144. The van der Waals surface area contributed by atoms with E-state index in [0.29, 0.717) is 5.69 Å². The van der Waals surface area contributed by atoms with Crippen molar-refractivity contribution in [1.82, 2.24) is 20.0 Å². The summed E-state index contributed by atoms with van der Waals surface area (Å²) in [6.45, 7) is 6.00. The van der Waals surface area contributed by atoms with E-state index >= 15 is 0 Å². The molecule has 1 amide bonds. The van der Waals surface area contributed by atoms with Crippen LogP contribution in [0.5, 0.6) is 0 Å². The third-order valence-corrected chi connectivity index (χ3v) is 3.23. The number of aryl methyl sites for hydroxylation is 1. The summed E-state index contributed by atoms with van der Waals surface area (Å²) < 4.78 is 2.54. The summed E-state index contributed by atoms with van der Waals surface area (Å²) in [6, 6.07) is 0. The molecule has 1 aliphatic rings. The van der Waals surface area contributed by atoms with Crippen LogP contribution in [-0.4, -0.2) is 46.8 Å². The molecule has 2 heterocycles. The Morgan fingerprint density at radius 1 is 1.53 bits per heavy atom. The predicted molar refractivity (Wildman–Crippen MR) is 71.6 cm³/mol. The van der Waals surface area contributed by atoms with E-state index in [0.717, 1.165) is 37.2 Å². The minimum atomic E-state index is 0. The fourth-order valence-corrected chi connectivity index (χ4v) is 2.21. The molecule has 0 radical (unpaired) electrons. The molecule has 0 spiro atoms. The van der Waals surface area contributed by atoms with Crippen molar-refractivity contribution in [3.63, 3.8) is 0 Å². The maximum Gasteiger partial charge on any atom is 0.275 e. The number of halogens is 2.